The summed E-state index contributed by atoms with van der Waals surface area (Å²) in [7, 11) is 4.18. The van der Waals surface area contributed by atoms with Crippen molar-refractivity contribution in [2.24, 2.45) is 0 Å². The Hall–Kier alpha value is -1.66. The predicted octanol–water partition coefficient (Wildman–Crippen LogP) is -0.361. The van der Waals surface area contributed by atoms with Crippen LogP contribution in [0, 0.1) is 0 Å². The van der Waals surface area contributed by atoms with Crippen molar-refractivity contribution in [1.82, 2.24) is 20.1 Å². The number of amides is 1. The Morgan fingerprint density at radius 3 is 3.05 bits per heavy atom. The summed E-state index contributed by atoms with van der Waals surface area (Å²) >= 11 is 0. The molecule has 1 saturated heterocycles. The Bertz CT molecular complexity index is 450. The number of piperazine rings is 1. The minimum Gasteiger partial charge on any atom is -0.383 e. The van der Waals surface area contributed by atoms with Gasteiger partial charge >= 0.3 is 0 Å². The van der Waals surface area contributed by atoms with E-state index in [4.69, 9.17) is 5.73 Å². The topological polar surface area (TPSA) is 74.5 Å². The molecule has 19 heavy (non-hydrogen) atoms. The lowest BCUT2D eigenvalue weighted by Crippen LogP contribution is -2.54. The van der Waals surface area contributed by atoms with Gasteiger partial charge in [0, 0.05) is 38.4 Å². The van der Waals surface area contributed by atoms with Gasteiger partial charge in [0.2, 0.25) is 0 Å². The van der Waals surface area contributed by atoms with Gasteiger partial charge in [0.1, 0.15) is 5.82 Å². The summed E-state index contributed by atoms with van der Waals surface area (Å²) in [5.41, 5.74) is 6.13. The number of hydrogen-bond donors (Lipinski definition) is 2. The van der Waals surface area contributed by atoms with Crippen molar-refractivity contribution in [2.45, 2.75) is 6.04 Å². The molecule has 0 aliphatic carbocycles. The molecule has 0 saturated carbocycles. The van der Waals surface area contributed by atoms with Gasteiger partial charge in [0.05, 0.1) is 5.56 Å². The van der Waals surface area contributed by atoms with Gasteiger partial charge in [0.25, 0.3) is 5.91 Å². The minimum absolute atomic E-state index is 0.160. The molecular formula is C13H21N5O. The monoisotopic (exact) mass is 263 g/mol. The molecule has 1 atom stereocenters. The number of likely N-dealkylation sites (N-methyl/N-ethyl adjacent to an activating group) is 2. The van der Waals surface area contributed by atoms with Crippen LogP contribution in [0.1, 0.15) is 10.4 Å². The van der Waals surface area contributed by atoms with E-state index in [2.05, 4.69) is 34.2 Å². The largest absolute Gasteiger partial charge is 0.383 e. The number of nitrogens with two attached hydrogens (primary N) is 1. The molecule has 1 unspecified atom stereocenters. The van der Waals surface area contributed by atoms with E-state index in [9.17, 15) is 4.79 Å². The first-order valence-electron chi connectivity index (χ1n) is 6.45. The van der Waals surface area contributed by atoms with Gasteiger partial charge in [-0.05, 0) is 26.2 Å². The number of carbonyl (C=O) groups is 1. The Morgan fingerprint density at radius 1 is 1.53 bits per heavy atom. The van der Waals surface area contributed by atoms with Crippen molar-refractivity contribution >= 4 is 11.7 Å². The van der Waals surface area contributed by atoms with Crippen LogP contribution in [0.3, 0.4) is 0 Å². The first kappa shape index (κ1) is 13.8. The van der Waals surface area contributed by atoms with Crippen LogP contribution in [0.15, 0.2) is 18.3 Å². The van der Waals surface area contributed by atoms with Crippen LogP contribution in [-0.4, -0.2) is 67.0 Å². The molecule has 6 nitrogen and oxygen atoms in total. The Morgan fingerprint density at radius 2 is 2.32 bits per heavy atom. The maximum Gasteiger partial charge on any atom is 0.255 e. The van der Waals surface area contributed by atoms with Gasteiger partial charge in [-0.3, -0.25) is 9.69 Å². The number of nitrogens with one attached hydrogen (secondary N) is 1. The summed E-state index contributed by atoms with van der Waals surface area (Å²) in [6, 6.07) is 3.74. The molecule has 1 amide bonds. The molecule has 6 heteroatoms. The average molecular weight is 263 g/mol. The summed E-state index contributed by atoms with van der Waals surface area (Å²) in [5.74, 6) is 0.112. The maximum atomic E-state index is 12.0. The SMILES string of the molecule is CN1CCN(C)C(CNC(=O)c2cccnc2N)C1. The molecule has 2 rings (SSSR count). The van der Waals surface area contributed by atoms with Crippen molar-refractivity contribution in [2.75, 3.05) is 46.0 Å². The Balaban J connectivity index is 1.91. The lowest BCUT2D eigenvalue weighted by Gasteiger charge is -2.37. The van der Waals surface area contributed by atoms with E-state index in [0.717, 1.165) is 19.6 Å². The quantitative estimate of drug-likeness (QED) is 0.779. The molecule has 1 aromatic heterocycles. The van der Waals surface area contributed by atoms with Crippen LogP contribution in [0.5, 0.6) is 0 Å². The maximum absolute atomic E-state index is 12.0. The molecule has 1 aliphatic rings. The highest BCUT2D eigenvalue weighted by atomic mass is 16.1. The standard InChI is InChI=1S/C13H21N5O/c1-17-6-7-18(2)10(9-17)8-16-13(19)11-4-3-5-15-12(11)14/h3-5,10H,6-9H2,1-2H3,(H2,14,15)(H,16,19). The molecule has 0 aromatic carbocycles. The fourth-order valence-electron chi connectivity index (χ4n) is 2.24. The van der Waals surface area contributed by atoms with E-state index in [1.165, 1.54) is 0 Å². The number of aromatic nitrogens is 1. The van der Waals surface area contributed by atoms with E-state index < -0.39 is 0 Å². The second-order valence-electron chi connectivity index (χ2n) is 5.04. The van der Waals surface area contributed by atoms with Crippen molar-refractivity contribution in [3.8, 4) is 0 Å². The smallest absolute Gasteiger partial charge is 0.255 e. The molecule has 3 N–H and O–H groups in total. The van der Waals surface area contributed by atoms with E-state index in [1.807, 2.05) is 0 Å². The molecule has 1 aromatic rings. The van der Waals surface area contributed by atoms with E-state index in [-0.39, 0.29) is 11.7 Å². The summed E-state index contributed by atoms with van der Waals surface area (Å²) in [4.78, 5) is 20.5. The first-order chi connectivity index (χ1) is 9.08. The number of anilines is 1. The van der Waals surface area contributed by atoms with Gasteiger partial charge in [-0.1, -0.05) is 0 Å². The highest BCUT2D eigenvalue weighted by Crippen LogP contribution is 2.08. The highest BCUT2D eigenvalue weighted by Gasteiger charge is 2.22. The van der Waals surface area contributed by atoms with E-state index in [0.29, 0.717) is 18.2 Å². The predicted molar refractivity (Wildman–Crippen MR) is 74.9 cm³/mol. The summed E-state index contributed by atoms with van der Waals surface area (Å²) in [6.07, 6.45) is 1.58. The molecule has 0 spiro atoms. The average Bonchev–Trinajstić information content (AvgIpc) is 2.40. The fourth-order valence-corrected chi connectivity index (χ4v) is 2.24. The zero-order valence-corrected chi connectivity index (χ0v) is 11.5. The molecule has 0 radical (unpaired) electrons. The third kappa shape index (κ3) is 3.42. The third-order valence-electron chi connectivity index (χ3n) is 3.56. The van der Waals surface area contributed by atoms with Crippen LogP contribution in [0.25, 0.3) is 0 Å². The van der Waals surface area contributed by atoms with Gasteiger partial charge in [-0.25, -0.2) is 4.98 Å². The molecule has 104 valence electrons. The van der Waals surface area contributed by atoms with E-state index >= 15 is 0 Å². The Kier molecular flexibility index (Phi) is 4.34. The normalized spacial score (nSPS) is 21.3. The van der Waals surface area contributed by atoms with Crippen LogP contribution in [0.4, 0.5) is 5.82 Å². The molecular weight excluding hydrogens is 242 g/mol. The zero-order valence-electron chi connectivity index (χ0n) is 11.5. The van der Waals surface area contributed by atoms with Gasteiger partial charge in [-0.15, -0.1) is 0 Å². The van der Waals surface area contributed by atoms with Crippen molar-refractivity contribution in [1.29, 1.82) is 0 Å². The summed E-state index contributed by atoms with van der Waals surface area (Å²) < 4.78 is 0. The summed E-state index contributed by atoms with van der Waals surface area (Å²) in [5, 5.41) is 2.93. The number of nitrogens with zero attached hydrogens (tertiary/aromatic N) is 3. The second-order valence-corrected chi connectivity index (χ2v) is 5.04. The molecule has 1 aliphatic heterocycles. The van der Waals surface area contributed by atoms with Gasteiger partial charge < -0.3 is 16.0 Å². The number of nitrogen functional groups attached to an aromatic ring is 1. The lowest BCUT2D eigenvalue weighted by atomic mass is 10.1. The van der Waals surface area contributed by atoms with Crippen LogP contribution in [-0.2, 0) is 0 Å². The number of pyridine rings is 1. The first-order valence-corrected chi connectivity index (χ1v) is 6.45. The van der Waals surface area contributed by atoms with Crippen LogP contribution < -0.4 is 11.1 Å². The minimum atomic E-state index is -0.160. The second kappa shape index (κ2) is 5.99. The summed E-state index contributed by atoms with van der Waals surface area (Å²) in [6.45, 7) is 3.66. The highest BCUT2D eigenvalue weighted by molar-refractivity contribution is 5.98. The Labute approximate surface area is 113 Å². The fraction of sp³-hybridized carbons (Fsp3) is 0.538. The number of rotatable bonds is 3. The van der Waals surface area contributed by atoms with Crippen molar-refractivity contribution < 1.29 is 4.79 Å². The molecule has 1 fully saturated rings. The van der Waals surface area contributed by atoms with Crippen LogP contribution >= 0.6 is 0 Å². The van der Waals surface area contributed by atoms with Crippen molar-refractivity contribution in [3.63, 3.8) is 0 Å². The number of hydrogen-bond acceptors (Lipinski definition) is 5. The van der Waals surface area contributed by atoms with Crippen molar-refractivity contribution in [3.05, 3.63) is 23.9 Å². The zero-order chi connectivity index (χ0) is 13.8. The van der Waals surface area contributed by atoms with Gasteiger partial charge in [-0.2, -0.15) is 0 Å². The van der Waals surface area contributed by atoms with Crippen LogP contribution in [0.2, 0.25) is 0 Å². The number of carbonyl (C=O) groups excluding carboxylic acids is 1. The van der Waals surface area contributed by atoms with E-state index in [1.54, 1.807) is 18.3 Å². The lowest BCUT2D eigenvalue weighted by molar-refractivity contribution is 0.0881. The van der Waals surface area contributed by atoms with Gasteiger partial charge in [0.15, 0.2) is 0 Å². The molecule has 0 bridgehead atoms. The third-order valence-corrected chi connectivity index (χ3v) is 3.56. The molecule has 2 heterocycles.